The molecule has 1 aliphatic rings. The van der Waals surface area contributed by atoms with Crippen molar-refractivity contribution in [3.8, 4) is 0 Å². The molecule has 8 nitrogen and oxygen atoms in total. The SMILES string of the molecule is CCNC(=NCC1(CCOC)CCCC1)NCCNS(=O)(=O)c1ccn(C)c1. The van der Waals surface area contributed by atoms with Crippen LogP contribution in [0.15, 0.2) is 28.3 Å². The van der Waals surface area contributed by atoms with Gasteiger partial charge in [0.2, 0.25) is 10.0 Å². The van der Waals surface area contributed by atoms with E-state index in [1.807, 2.05) is 6.92 Å². The number of aliphatic imine (C=N–C) groups is 1. The summed E-state index contributed by atoms with van der Waals surface area (Å²) in [5.74, 6) is 0.727. The Morgan fingerprint density at radius 1 is 1.29 bits per heavy atom. The third-order valence-electron chi connectivity index (χ3n) is 5.24. The van der Waals surface area contributed by atoms with Crippen molar-refractivity contribution in [2.24, 2.45) is 17.5 Å². The molecule has 1 fully saturated rings. The number of aromatic nitrogens is 1. The first-order chi connectivity index (χ1) is 13.4. The maximum absolute atomic E-state index is 12.2. The molecule has 28 heavy (non-hydrogen) atoms. The van der Waals surface area contributed by atoms with E-state index in [9.17, 15) is 8.42 Å². The maximum Gasteiger partial charge on any atom is 0.242 e. The number of ether oxygens (including phenoxy) is 1. The highest BCUT2D eigenvalue weighted by molar-refractivity contribution is 7.89. The van der Waals surface area contributed by atoms with Gasteiger partial charge in [-0.15, -0.1) is 0 Å². The molecule has 0 spiro atoms. The van der Waals surface area contributed by atoms with Gasteiger partial charge in [0.1, 0.15) is 0 Å². The van der Waals surface area contributed by atoms with Crippen LogP contribution in [0.1, 0.15) is 39.0 Å². The maximum atomic E-state index is 12.2. The van der Waals surface area contributed by atoms with Gasteiger partial charge >= 0.3 is 0 Å². The molecule has 1 saturated carbocycles. The lowest BCUT2D eigenvalue weighted by Crippen LogP contribution is -2.42. The zero-order valence-corrected chi connectivity index (χ0v) is 18.1. The summed E-state index contributed by atoms with van der Waals surface area (Å²) < 4.78 is 34.1. The van der Waals surface area contributed by atoms with Gasteiger partial charge in [-0.05, 0) is 37.7 Å². The lowest BCUT2D eigenvalue weighted by Gasteiger charge is -2.27. The Morgan fingerprint density at radius 2 is 2.04 bits per heavy atom. The molecule has 0 atom stereocenters. The van der Waals surface area contributed by atoms with Crippen LogP contribution in [0.4, 0.5) is 0 Å². The zero-order valence-electron chi connectivity index (χ0n) is 17.3. The van der Waals surface area contributed by atoms with Crippen molar-refractivity contribution in [2.75, 3.05) is 39.9 Å². The minimum atomic E-state index is -3.48. The fourth-order valence-corrected chi connectivity index (χ4v) is 4.69. The molecule has 0 unspecified atom stereocenters. The molecule has 9 heteroatoms. The van der Waals surface area contributed by atoms with Gasteiger partial charge in [0.05, 0.1) is 4.90 Å². The van der Waals surface area contributed by atoms with Gasteiger partial charge in [0.25, 0.3) is 0 Å². The molecule has 0 aliphatic heterocycles. The predicted molar refractivity (Wildman–Crippen MR) is 112 cm³/mol. The Labute approximate surface area is 169 Å². The molecule has 1 aromatic rings. The number of sulfonamides is 1. The van der Waals surface area contributed by atoms with Crippen LogP contribution < -0.4 is 15.4 Å². The van der Waals surface area contributed by atoms with E-state index in [-0.39, 0.29) is 16.9 Å². The van der Waals surface area contributed by atoms with E-state index in [4.69, 9.17) is 9.73 Å². The minimum absolute atomic E-state index is 0.229. The minimum Gasteiger partial charge on any atom is -0.385 e. The summed E-state index contributed by atoms with van der Waals surface area (Å²) in [4.78, 5) is 5.05. The average molecular weight is 414 g/mol. The third-order valence-corrected chi connectivity index (χ3v) is 6.69. The summed E-state index contributed by atoms with van der Waals surface area (Å²) in [6.45, 7) is 5.06. The molecule has 0 saturated heterocycles. The smallest absolute Gasteiger partial charge is 0.242 e. The van der Waals surface area contributed by atoms with E-state index < -0.39 is 10.0 Å². The first-order valence-electron chi connectivity index (χ1n) is 10.0. The lowest BCUT2D eigenvalue weighted by molar-refractivity contribution is 0.141. The van der Waals surface area contributed by atoms with E-state index in [2.05, 4.69) is 15.4 Å². The second-order valence-corrected chi connectivity index (χ2v) is 9.25. The summed E-state index contributed by atoms with van der Waals surface area (Å²) in [6, 6.07) is 1.59. The molecule has 0 aromatic carbocycles. The predicted octanol–water partition coefficient (Wildman–Crippen LogP) is 1.46. The molecule has 160 valence electrons. The molecular weight excluding hydrogens is 378 g/mol. The Hall–Kier alpha value is -1.58. The van der Waals surface area contributed by atoms with E-state index in [0.717, 1.165) is 32.1 Å². The summed E-state index contributed by atoms with van der Waals surface area (Å²) >= 11 is 0. The van der Waals surface area contributed by atoms with Gasteiger partial charge in [-0.1, -0.05) is 12.8 Å². The number of nitrogens with one attached hydrogen (secondary N) is 3. The van der Waals surface area contributed by atoms with Gasteiger partial charge in [-0.3, -0.25) is 4.99 Å². The third kappa shape index (κ3) is 6.79. The van der Waals surface area contributed by atoms with Crippen LogP contribution in [0, 0.1) is 5.41 Å². The van der Waals surface area contributed by atoms with E-state index >= 15 is 0 Å². The van der Waals surface area contributed by atoms with Crippen molar-refractivity contribution in [2.45, 2.75) is 43.9 Å². The molecule has 1 aliphatic carbocycles. The van der Waals surface area contributed by atoms with Gasteiger partial charge in [0.15, 0.2) is 5.96 Å². The van der Waals surface area contributed by atoms with Crippen LogP contribution in [-0.2, 0) is 21.8 Å². The Bertz CT molecular complexity index is 724. The quantitative estimate of drug-likeness (QED) is 0.290. The molecule has 0 bridgehead atoms. The Kier molecular flexibility index (Phi) is 8.78. The monoisotopic (exact) mass is 413 g/mol. The number of rotatable bonds is 11. The first kappa shape index (κ1) is 22.7. The fraction of sp³-hybridized carbons (Fsp3) is 0.737. The highest BCUT2D eigenvalue weighted by Crippen LogP contribution is 2.41. The molecule has 2 rings (SSSR count). The van der Waals surface area contributed by atoms with Crippen molar-refractivity contribution in [3.05, 3.63) is 18.5 Å². The summed E-state index contributed by atoms with van der Waals surface area (Å²) in [5, 5.41) is 6.46. The van der Waals surface area contributed by atoms with Crippen molar-refractivity contribution >= 4 is 16.0 Å². The van der Waals surface area contributed by atoms with Crippen LogP contribution in [-0.4, -0.2) is 58.8 Å². The standard InChI is InChI=1S/C19H35N5O3S/c1-4-20-18(22-16-19(10-14-27-3)8-5-6-9-19)21-11-12-23-28(25,26)17-7-13-24(2)15-17/h7,13,15,23H,4-6,8-12,14,16H2,1-3H3,(H2,20,21,22). The normalized spacial score (nSPS) is 17.0. The zero-order chi connectivity index (χ0) is 20.5. The lowest BCUT2D eigenvalue weighted by atomic mass is 9.83. The summed E-state index contributed by atoms with van der Waals surface area (Å²) in [6.07, 6.45) is 9.22. The van der Waals surface area contributed by atoms with Crippen molar-refractivity contribution in [3.63, 3.8) is 0 Å². The Balaban J connectivity index is 1.85. The van der Waals surface area contributed by atoms with E-state index in [0.29, 0.717) is 6.54 Å². The average Bonchev–Trinajstić information content (AvgIpc) is 3.31. The van der Waals surface area contributed by atoms with Crippen LogP contribution in [0.25, 0.3) is 0 Å². The molecule has 3 N–H and O–H groups in total. The highest BCUT2D eigenvalue weighted by Gasteiger charge is 2.33. The van der Waals surface area contributed by atoms with Crippen molar-refractivity contribution in [1.82, 2.24) is 19.9 Å². The molecule has 1 heterocycles. The first-order valence-corrected chi connectivity index (χ1v) is 11.5. The van der Waals surface area contributed by atoms with Gasteiger partial charge < -0.3 is 19.9 Å². The Morgan fingerprint density at radius 3 is 2.64 bits per heavy atom. The van der Waals surface area contributed by atoms with E-state index in [1.54, 1.807) is 37.2 Å². The van der Waals surface area contributed by atoms with Crippen LogP contribution in [0.3, 0.4) is 0 Å². The van der Waals surface area contributed by atoms with Gasteiger partial charge in [0, 0.05) is 59.3 Å². The van der Waals surface area contributed by atoms with Crippen LogP contribution >= 0.6 is 0 Å². The second kappa shape index (κ2) is 10.8. The number of hydrogen-bond donors (Lipinski definition) is 3. The second-order valence-electron chi connectivity index (χ2n) is 7.48. The number of hydrogen-bond acceptors (Lipinski definition) is 4. The molecule has 0 amide bonds. The van der Waals surface area contributed by atoms with E-state index in [1.165, 1.54) is 25.7 Å². The number of aryl methyl sites for hydroxylation is 1. The molecule has 1 aromatic heterocycles. The van der Waals surface area contributed by atoms with Gasteiger partial charge in [-0.2, -0.15) is 0 Å². The van der Waals surface area contributed by atoms with Crippen LogP contribution in [0.5, 0.6) is 0 Å². The number of methoxy groups -OCH3 is 1. The van der Waals surface area contributed by atoms with Crippen molar-refractivity contribution in [1.29, 1.82) is 0 Å². The van der Waals surface area contributed by atoms with Gasteiger partial charge in [-0.25, -0.2) is 13.1 Å². The van der Waals surface area contributed by atoms with Crippen LogP contribution in [0.2, 0.25) is 0 Å². The summed E-state index contributed by atoms with van der Waals surface area (Å²) in [5.41, 5.74) is 0.229. The van der Waals surface area contributed by atoms with Crippen molar-refractivity contribution < 1.29 is 13.2 Å². The summed E-state index contributed by atoms with van der Waals surface area (Å²) in [7, 11) is 0.0591. The molecule has 0 radical (unpaired) electrons. The largest absolute Gasteiger partial charge is 0.385 e. The fourth-order valence-electron chi connectivity index (χ4n) is 3.61. The number of nitrogens with zero attached hydrogens (tertiary/aromatic N) is 2. The topological polar surface area (TPSA) is 96.8 Å². The molecular formula is C19H35N5O3S. The highest BCUT2D eigenvalue weighted by atomic mass is 32.2. The number of guanidine groups is 1.